The molecule has 3 heterocycles. The van der Waals surface area contributed by atoms with Gasteiger partial charge < -0.3 is 24.4 Å². The monoisotopic (exact) mass is 435 g/mol. The second-order valence-corrected chi connectivity index (χ2v) is 7.55. The summed E-state index contributed by atoms with van der Waals surface area (Å²) in [4.78, 5) is 18.0. The number of phenolic OH excluding ortho intramolecular Hbond substituents is 1. The Morgan fingerprint density at radius 3 is 2.12 bits per heavy atom. The van der Waals surface area contributed by atoms with Crippen LogP contribution in [0.25, 0.3) is 10.8 Å². The third-order valence-corrected chi connectivity index (χ3v) is 5.51. The summed E-state index contributed by atoms with van der Waals surface area (Å²) >= 11 is 0. The molecular weight excluding hydrogens is 410 g/mol. The molecule has 0 bridgehead atoms. The van der Waals surface area contributed by atoms with Gasteiger partial charge in [0.25, 0.3) is 0 Å². The van der Waals surface area contributed by atoms with Gasteiger partial charge in [-0.15, -0.1) is 0 Å². The lowest BCUT2D eigenvalue weighted by Crippen LogP contribution is -2.40. The van der Waals surface area contributed by atoms with Crippen molar-refractivity contribution in [1.82, 2.24) is 15.0 Å². The number of hydrazone groups is 1. The third kappa shape index (κ3) is 4.41. The minimum Gasteiger partial charge on any atom is -0.507 e. The topological polar surface area (TPSA) is 108 Å². The smallest absolute Gasteiger partial charge is 0.250 e. The summed E-state index contributed by atoms with van der Waals surface area (Å²) in [6, 6.07) is 11.4. The average Bonchev–Trinajstić information content (AvgIpc) is 2.86. The summed E-state index contributed by atoms with van der Waals surface area (Å²) < 4.78 is 10.9. The highest BCUT2D eigenvalue weighted by molar-refractivity contribution is 6.02. The summed E-state index contributed by atoms with van der Waals surface area (Å²) in [5.41, 5.74) is 3.56. The Kier molecular flexibility index (Phi) is 5.95. The van der Waals surface area contributed by atoms with E-state index in [1.807, 2.05) is 30.3 Å². The number of aromatic nitrogens is 3. The molecule has 2 N–H and O–H groups in total. The number of fused-ring (bicyclic) bond motifs is 1. The molecule has 10 nitrogen and oxygen atoms in total. The zero-order chi connectivity index (χ0) is 21.8. The molecule has 2 aliphatic rings. The number of nitrogens with one attached hydrogen (secondary N) is 1. The van der Waals surface area contributed by atoms with E-state index >= 15 is 0 Å². The summed E-state index contributed by atoms with van der Waals surface area (Å²) in [5.74, 6) is 1.69. The van der Waals surface area contributed by atoms with Crippen molar-refractivity contribution < 1.29 is 14.6 Å². The molecule has 2 saturated heterocycles. The first-order valence-electron chi connectivity index (χ1n) is 10.7. The number of hydrogen-bond donors (Lipinski definition) is 2. The summed E-state index contributed by atoms with van der Waals surface area (Å²) in [6.45, 7) is 5.44. The van der Waals surface area contributed by atoms with E-state index in [9.17, 15) is 5.11 Å². The van der Waals surface area contributed by atoms with Crippen molar-refractivity contribution in [3.05, 3.63) is 42.0 Å². The predicted octanol–water partition coefficient (Wildman–Crippen LogP) is 1.85. The Morgan fingerprint density at radius 1 is 0.844 bits per heavy atom. The highest BCUT2D eigenvalue weighted by Crippen LogP contribution is 2.25. The number of phenols is 1. The van der Waals surface area contributed by atoms with Gasteiger partial charge in [-0.2, -0.15) is 20.1 Å². The predicted molar refractivity (Wildman–Crippen MR) is 123 cm³/mol. The lowest BCUT2D eigenvalue weighted by molar-refractivity contribution is 0.121. The van der Waals surface area contributed by atoms with Gasteiger partial charge in [-0.3, -0.25) is 0 Å². The highest BCUT2D eigenvalue weighted by atomic mass is 16.5. The van der Waals surface area contributed by atoms with E-state index in [1.165, 1.54) is 0 Å². The van der Waals surface area contributed by atoms with Crippen LogP contribution in [0.5, 0.6) is 5.75 Å². The van der Waals surface area contributed by atoms with Gasteiger partial charge in [0.15, 0.2) is 0 Å². The van der Waals surface area contributed by atoms with Gasteiger partial charge >= 0.3 is 0 Å². The number of benzene rings is 2. The first-order valence-corrected chi connectivity index (χ1v) is 10.7. The second kappa shape index (κ2) is 9.33. The molecule has 2 aromatic carbocycles. The van der Waals surface area contributed by atoms with Crippen LogP contribution in [0, 0.1) is 0 Å². The molecule has 0 radical (unpaired) electrons. The van der Waals surface area contributed by atoms with E-state index in [0.29, 0.717) is 49.8 Å². The highest BCUT2D eigenvalue weighted by Gasteiger charge is 2.20. The molecule has 0 amide bonds. The van der Waals surface area contributed by atoms with E-state index in [1.54, 1.807) is 12.3 Å². The van der Waals surface area contributed by atoms with Crippen molar-refractivity contribution in [1.29, 1.82) is 0 Å². The van der Waals surface area contributed by atoms with Gasteiger partial charge in [0.05, 0.1) is 32.6 Å². The maximum Gasteiger partial charge on any atom is 0.250 e. The number of nitrogens with zero attached hydrogens (tertiary/aromatic N) is 6. The normalized spacial score (nSPS) is 17.2. The number of ether oxygens (including phenoxy) is 2. The molecule has 0 atom stereocenters. The fourth-order valence-electron chi connectivity index (χ4n) is 3.79. The van der Waals surface area contributed by atoms with Gasteiger partial charge in [-0.1, -0.05) is 30.3 Å². The van der Waals surface area contributed by atoms with E-state index in [0.717, 1.165) is 37.0 Å². The SMILES string of the molecule is Oc1ccc2ccccc2c1C=NNc1nc(N2CCOCC2)nc(N2CCOCC2)n1. The van der Waals surface area contributed by atoms with Crippen LogP contribution in [0.1, 0.15) is 5.56 Å². The Bertz CT molecular complexity index is 1080. The van der Waals surface area contributed by atoms with E-state index < -0.39 is 0 Å². The van der Waals surface area contributed by atoms with Gasteiger partial charge in [-0.25, -0.2) is 5.43 Å². The molecule has 0 unspecified atom stereocenters. The molecule has 10 heteroatoms. The molecule has 3 aromatic rings. The second-order valence-electron chi connectivity index (χ2n) is 7.55. The lowest BCUT2D eigenvalue weighted by atomic mass is 10.0. The lowest BCUT2D eigenvalue weighted by Gasteiger charge is -2.30. The summed E-state index contributed by atoms with van der Waals surface area (Å²) in [6.07, 6.45) is 1.59. The van der Waals surface area contributed by atoms with Crippen molar-refractivity contribution in [3.8, 4) is 5.75 Å². The van der Waals surface area contributed by atoms with E-state index in [2.05, 4.69) is 35.3 Å². The van der Waals surface area contributed by atoms with Crippen molar-refractivity contribution in [2.45, 2.75) is 0 Å². The van der Waals surface area contributed by atoms with Crippen molar-refractivity contribution in [2.75, 3.05) is 67.8 Å². The minimum absolute atomic E-state index is 0.160. The zero-order valence-corrected chi connectivity index (χ0v) is 17.6. The van der Waals surface area contributed by atoms with Crippen LogP contribution in [-0.2, 0) is 9.47 Å². The molecular formula is C22H25N7O3. The van der Waals surface area contributed by atoms with Crippen LogP contribution < -0.4 is 15.2 Å². The first kappa shape index (κ1) is 20.4. The van der Waals surface area contributed by atoms with Crippen molar-refractivity contribution >= 4 is 34.8 Å². The first-order chi connectivity index (χ1) is 15.8. The standard InChI is InChI=1S/C22H25N7O3/c30-19-6-5-16-3-1-2-4-17(16)18(19)15-23-27-20-24-21(28-7-11-31-12-8-28)26-22(25-20)29-9-13-32-14-10-29/h1-6,15,30H,7-14H2,(H,24,25,26,27). The Morgan fingerprint density at radius 2 is 1.47 bits per heavy atom. The van der Waals surface area contributed by atoms with Crippen LogP contribution in [0.2, 0.25) is 0 Å². The van der Waals surface area contributed by atoms with Crippen LogP contribution >= 0.6 is 0 Å². The van der Waals surface area contributed by atoms with Gasteiger partial charge in [0, 0.05) is 31.7 Å². The number of rotatable bonds is 5. The number of anilines is 3. The third-order valence-electron chi connectivity index (χ3n) is 5.51. The maximum absolute atomic E-state index is 10.3. The van der Waals surface area contributed by atoms with Crippen LogP contribution in [0.4, 0.5) is 17.8 Å². The van der Waals surface area contributed by atoms with Crippen molar-refractivity contribution in [2.24, 2.45) is 5.10 Å². The fraction of sp³-hybridized carbons (Fsp3) is 0.364. The van der Waals surface area contributed by atoms with Gasteiger partial charge in [0.2, 0.25) is 17.8 Å². The molecule has 0 saturated carbocycles. The molecule has 2 aliphatic heterocycles. The number of morpholine rings is 2. The van der Waals surface area contributed by atoms with Gasteiger partial charge in [-0.05, 0) is 16.8 Å². The Labute approximate surface area is 185 Å². The molecule has 0 spiro atoms. The zero-order valence-electron chi connectivity index (χ0n) is 17.6. The molecule has 166 valence electrons. The molecule has 32 heavy (non-hydrogen) atoms. The van der Waals surface area contributed by atoms with Gasteiger partial charge in [0.1, 0.15) is 5.75 Å². The molecule has 5 rings (SSSR count). The number of aromatic hydroxyl groups is 1. The van der Waals surface area contributed by atoms with Crippen LogP contribution in [0.15, 0.2) is 41.5 Å². The van der Waals surface area contributed by atoms with E-state index in [-0.39, 0.29) is 5.75 Å². The fourth-order valence-corrected chi connectivity index (χ4v) is 3.79. The van der Waals surface area contributed by atoms with E-state index in [4.69, 9.17) is 9.47 Å². The van der Waals surface area contributed by atoms with Crippen LogP contribution in [0.3, 0.4) is 0 Å². The molecule has 0 aliphatic carbocycles. The number of hydrogen-bond acceptors (Lipinski definition) is 10. The Hall–Kier alpha value is -3.50. The molecule has 1 aromatic heterocycles. The minimum atomic E-state index is 0.160. The quantitative estimate of drug-likeness (QED) is 0.458. The molecule has 2 fully saturated rings. The van der Waals surface area contributed by atoms with Crippen molar-refractivity contribution in [3.63, 3.8) is 0 Å². The maximum atomic E-state index is 10.3. The Balaban J connectivity index is 1.43. The average molecular weight is 435 g/mol. The largest absolute Gasteiger partial charge is 0.507 e. The summed E-state index contributed by atoms with van der Waals surface area (Å²) in [7, 11) is 0. The van der Waals surface area contributed by atoms with Crippen LogP contribution in [-0.4, -0.2) is 78.9 Å². The summed E-state index contributed by atoms with van der Waals surface area (Å²) in [5, 5.41) is 16.6.